The van der Waals surface area contributed by atoms with Crippen LogP contribution in [-0.4, -0.2) is 32.9 Å². The number of carbonyl (C=O) groups excluding carboxylic acids is 1. The van der Waals surface area contributed by atoms with Crippen molar-refractivity contribution in [3.63, 3.8) is 0 Å². The largest absolute Gasteiger partial charge is 0.338 e. The second-order valence-electron chi connectivity index (χ2n) is 5.82. The van der Waals surface area contributed by atoms with E-state index in [1.165, 1.54) is 17.2 Å². The molecule has 3 rings (SSSR count). The highest BCUT2D eigenvalue weighted by Crippen LogP contribution is 2.20. The van der Waals surface area contributed by atoms with Crippen LogP contribution in [0.4, 0.5) is 0 Å². The van der Waals surface area contributed by atoms with Crippen LogP contribution in [0.1, 0.15) is 32.6 Å². The second-order valence-corrected chi connectivity index (χ2v) is 5.82. The third-order valence-electron chi connectivity index (χ3n) is 4.46. The van der Waals surface area contributed by atoms with Crippen molar-refractivity contribution in [1.82, 2.24) is 14.5 Å². The molecular formula is C17H21N3O2. The van der Waals surface area contributed by atoms with Crippen molar-refractivity contribution in [3.8, 4) is 0 Å². The summed E-state index contributed by atoms with van der Waals surface area (Å²) in [6.07, 6.45) is 5.56. The SMILES string of the molecule is CC[C@H]1CCCCN1C(=O)Cn1c(=O)cnc2ccccc21. The minimum absolute atomic E-state index is 0.0324. The van der Waals surface area contributed by atoms with E-state index in [2.05, 4.69) is 11.9 Å². The Morgan fingerprint density at radius 2 is 2.14 bits per heavy atom. The van der Waals surface area contributed by atoms with Gasteiger partial charge in [-0.05, 0) is 37.8 Å². The summed E-state index contributed by atoms with van der Waals surface area (Å²) in [6, 6.07) is 7.74. The Hall–Kier alpha value is -2.17. The Morgan fingerprint density at radius 3 is 2.95 bits per heavy atom. The molecule has 0 saturated carbocycles. The van der Waals surface area contributed by atoms with Crippen molar-refractivity contribution in [2.75, 3.05) is 6.54 Å². The summed E-state index contributed by atoms with van der Waals surface area (Å²) in [5, 5.41) is 0. The maximum absolute atomic E-state index is 12.7. The van der Waals surface area contributed by atoms with Crippen LogP contribution >= 0.6 is 0 Å². The standard InChI is InChI=1S/C17H21N3O2/c1-2-13-7-5-6-10-19(13)17(22)12-20-15-9-4-3-8-14(15)18-11-16(20)21/h3-4,8-9,11,13H,2,5-7,10,12H2,1H3/t13-/m0/s1. The number of benzene rings is 1. The summed E-state index contributed by atoms with van der Waals surface area (Å²) in [5.41, 5.74) is 1.23. The quantitative estimate of drug-likeness (QED) is 0.873. The zero-order valence-electron chi connectivity index (χ0n) is 12.9. The number of hydrogen-bond donors (Lipinski definition) is 0. The van der Waals surface area contributed by atoms with Gasteiger partial charge in [0.15, 0.2) is 0 Å². The summed E-state index contributed by atoms with van der Waals surface area (Å²) in [4.78, 5) is 30.9. The molecule has 0 unspecified atom stereocenters. The molecule has 2 aromatic rings. The smallest absolute Gasteiger partial charge is 0.269 e. The van der Waals surface area contributed by atoms with Crippen LogP contribution in [0.5, 0.6) is 0 Å². The van der Waals surface area contributed by atoms with E-state index in [9.17, 15) is 9.59 Å². The molecule has 1 fully saturated rings. The molecule has 1 aromatic heterocycles. The minimum Gasteiger partial charge on any atom is -0.338 e. The van der Waals surface area contributed by atoms with Gasteiger partial charge < -0.3 is 4.90 Å². The highest BCUT2D eigenvalue weighted by Gasteiger charge is 2.25. The Morgan fingerprint density at radius 1 is 1.32 bits per heavy atom. The molecule has 0 spiro atoms. The number of rotatable bonds is 3. The van der Waals surface area contributed by atoms with E-state index in [-0.39, 0.29) is 18.0 Å². The van der Waals surface area contributed by atoms with Gasteiger partial charge in [0.2, 0.25) is 5.91 Å². The van der Waals surface area contributed by atoms with E-state index in [0.29, 0.717) is 11.6 Å². The minimum atomic E-state index is -0.225. The van der Waals surface area contributed by atoms with Gasteiger partial charge in [0.1, 0.15) is 6.54 Å². The molecule has 0 bridgehead atoms. The molecule has 5 nitrogen and oxygen atoms in total. The Bertz CT molecular complexity index is 738. The van der Waals surface area contributed by atoms with E-state index in [4.69, 9.17) is 0 Å². The second kappa shape index (κ2) is 6.30. The summed E-state index contributed by atoms with van der Waals surface area (Å²) < 4.78 is 1.53. The number of amides is 1. The van der Waals surface area contributed by atoms with E-state index in [1.807, 2.05) is 29.2 Å². The number of fused-ring (bicyclic) bond motifs is 1. The Labute approximate surface area is 129 Å². The number of aromatic nitrogens is 2. The lowest BCUT2D eigenvalue weighted by atomic mass is 10.00. The number of piperidine rings is 1. The predicted octanol–water partition coefficient (Wildman–Crippen LogP) is 2.19. The van der Waals surface area contributed by atoms with Gasteiger partial charge in [0.05, 0.1) is 17.2 Å². The lowest BCUT2D eigenvalue weighted by Crippen LogP contribution is -2.45. The lowest BCUT2D eigenvalue weighted by molar-refractivity contribution is -0.135. The molecule has 0 N–H and O–H groups in total. The fourth-order valence-electron chi connectivity index (χ4n) is 3.26. The first-order valence-electron chi connectivity index (χ1n) is 7.94. The molecule has 0 radical (unpaired) electrons. The number of likely N-dealkylation sites (tertiary alicyclic amines) is 1. The lowest BCUT2D eigenvalue weighted by Gasteiger charge is -2.35. The maximum atomic E-state index is 12.7. The third-order valence-corrected chi connectivity index (χ3v) is 4.46. The number of hydrogen-bond acceptors (Lipinski definition) is 3. The van der Waals surface area contributed by atoms with Gasteiger partial charge in [-0.1, -0.05) is 19.1 Å². The van der Waals surface area contributed by atoms with Crippen molar-refractivity contribution < 1.29 is 4.79 Å². The molecule has 22 heavy (non-hydrogen) atoms. The fourth-order valence-corrected chi connectivity index (χ4v) is 3.26. The zero-order valence-corrected chi connectivity index (χ0v) is 12.9. The molecular weight excluding hydrogens is 278 g/mol. The molecule has 1 atom stereocenters. The zero-order chi connectivity index (χ0) is 15.5. The first-order valence-corrected chi connectivity index (χ1v) is 7.94. The van der Waals surface area contributed by atoms with E-state index in [1.54, 1.807) is 0 Å². The first kappa shape index (κ1) is 14.8. The molecule has 116 valence electrons. The van der Waals surface area contributed by atoms with Gasteiger partial charge in [0.25, 0.3) is 5.56 Å². The summed E-state index contributed by atoms with van der Waals surface area (Å²) in [7, 11) is 0. The van der Waals surface area contributed by atoms with Gasteiger partial charge in [-0.3, -0.25) is 14.2 Å². The van der Waals surface area contributed by atoms with E-state index < -0.39 is 0 Å². The van der Waals surface area contributed by atoms with Gasteiger partial charge in [-0.25, -0.2) is 4.98 Å². The highest BCUT2D eigenvalue weighted by molar-refractivity contribution is 5.80. The number of carbonyl (C=O) groups is 1. The molecule has 1 saturated heterocycles. The van der Waals surface area contributed by atoms with Crippen molar-refractivity contribution in [1.29, 1.82) is 0 Å². The average molecular weight is 299 g/mol. The van der Waals surface area contributed by atoms with Crippen LogP contribution in [0.15, 0.2) is 35.3 Å². The van der Waals surface area contributed by atoms with Crippen LogP contribution in [0.3, 0.4) is 0 Å². The normalized spacial score (nSPS) is 18.6. The van der Waals surface area contributed by atoms with E-state index in [0.717, 1.165) is 31.3 Å². The van der Waals surface area contributed by atoms with Crippen molar-refractivity contribution in [2.45, 2.75) is 45.2 Å². The van der Waals surface area contributed by atoms with Crippen LogP contribution < -0.4 is 5.56 Å². The molecule has 5 heteroatoms. The third kappa shape index (κ3) is 2.75. The maximum Gasteiger partial charge on any atom is 0.269 e. The van der Waals surface area contributed by atoms with Crippen molar-refractivity contribution in [3.05, 3.63) is 40.8 Å². The summed E-state index contributed by atoms with van der Waals surface area (Å²) >= 11 is 0. The van der Waals surface area contributed by atoms with Gasteiger partial charge in [-0.15, -0.1) is 0 Å². The summed E-state index contributed by atoms with van der Waals surface area (Å²) in [6.45, 7) is 3.01. The van der Waals surface area contributed by atoms with Crippen molar-refractivity contribution in [2.24, 2.45) is 0 Å². The van der Waals surface area contributed by atoms with E-state index >= 15 is 0 Å². The molecule has 0 aliphatic carbocycles. The highest BCUT2D eigenvalue weighted by atomic mass is 16.2. The van der Waals surface area contributed by atoms with Crippen LogP contribution in [0.25, 0.3) is 11.0 Å². The first-order chi connectivity index (χ1) is 10.7. The molecule has 1 aromatic carbocycles. The molecule has 2 heterocycles. The molecule has 1 amide bonds. The van der Waals surface area contributed by atoms with Gasteiger partial charge >= 0.3 is 0 Å². The topological polar surface area (TPSA) is 55.2 Å². The summed E-state index contributed by atoms with van der Waals surface area (Å²) in [5.74, 6) is 0.0324. The average Bonchev–Trinajstić information content (AvgIpc) is 2.57. The monoisotopic (exact) mass is 299 g/mol. The van der Waals surface area contributed by atoms with Crippen LogP contribution in [-0.2, 0) is 11.3 Å². The molecule has 1 aliphatic heterocycles. The van der Waals surface area contributed by atoms with Crippen molar-refractivity contribution >= 4 is 16.9 Å². The Balaban J connectivity index is 1.91. The Kier molecular flexibility index (Phi) is 4.22. The number of nitrogens with zero attached hydrogens (tertiary/aromatic N) is 3. The van der Waals surface area contributed by atoms with Gasteiger partial charge in [0, 0.05) is 12.6 Å². The van der Waals surface area contributed by atoms with Gasteiger partial charge in [-0.2, -0.15) is 0 Å². The molecule has 1 aliphatic rings. The fraction of sp³-hybridized carbons (Fsp3) is 0.471. The van der Waals surface area contributed by atoms with Crippen LogP contribution in [0, 0.1) is 0 Å². The van der Waals surface area contributed by atoms with Crippen LogP contribution in [0.2, 0.25) is 0 Å². The number of para-hydroxylation sites is 2. The predicted molar refractivity (Wildman–Crippen MR) is 85.6 cm³/mol.